The van der Waals surface area contributed by atoms with Gasteiger partial charge in [0.1, 0.15) is 0 Å². The maximum Gasteiger partial charge on any atom is 4.00 e. The van der Waals surface area contributed by atoms with Gasteiger partial charge in [0.2, 0.25) is 0 Å². The van der Waals surface area contributed by atoms with Crippen LogP contribution >= 0.6 is 0 Å². The summed E-state index contributed by atoms with van der Waals surface area (Å²) in [4.78, 5) is 0. The average molecular weight is 272 g/mol. The van der Waals surface area contributed by atoms with E-state index in [-0.39, 0.29) is 52.8 Å². The molecule has 0 heterocycles. The van der Waals surface area contributed by atoms with Crippen molar-refractivity contribution in [2.24, 2.45) is 0 Å². The summed E-state index contributed by atoms with van der Waals surface area (Å²) in [5, 5.41) is 0. The van der Waals surface area contributed by atoms with Crippen LogP contribution in [0.2, 0.25) is 0 Å². The van der Waals surface area contributed by atoms with Crippen LogP contribution in [0.25, 0.3) is 0 Å². The molecule has 0 atom stereocenters. The fraction of sp³-hybridized carbons (Fsp3) is 0. The Bertz CT molecular complexity index is 6.00. The second kappa shape index (κ2) is 28.0. The Labute approximate surface area is 52.8 Å². The van der Waals surface area contributed by atoms with Crippen LogP contribution in [-0.2, 0) is 52.8 Å². The molecule has 0 spiro atoms. The third-order valence-electron chi connectivity index (χ3n) is 0. The van der Waals surface area contributed by atoms with Crippen LogP contribution in [0.3, 0.4) is 0 Å². The fourth-order valence-electron chi connectivity index (χ4n) is 0. The first-order valence-corrected chi connectivity index (χ1v) is 0. The summed E-state index contributed by atoms with van der Waals surface area (Å²) in [6.45, 7) is 0. The van der Waals surface area contributed by atoms with Crippen LogP contribution in [0, 0.1) is 0 Å². The standard InChI is InChI=1S/Ir.2O.Ti/q;2*-2;+4. The molecule has 4 heavy (non-hydrogen) atoms. The molecule has 0 bridgehead atoms. The third kappa shape index (κ3) is 10.4. The maximum atomic E-state index is 0. The Morgan fingerprint density at radius 3 is 0.750 bits per heavy atom. The average Bonchev–Trinajstić information content (AvgIpc) is 0. The van der Waals surface area contributed by atoms with Gasteiger partial charge in [0, 0.05) is 20.1 Å². The molecule has 0 aromatic rings. The Kier molecular flexibility index (Phi) is 412. The zero-order valence-corrected chi connectivity index (χ0v) is 5.61. The molecular formula is IrO2Ti. The van der Waals surface area contributed by atoms with E-state index in [0.29, 0.717) is 0 Å². The topological polar surface area (TPSA) is 57.0 Å². The molecular weight excluding hydrogens is 272 g/mol. The zero-order chi connectivity index (χ0) is 0. The molecule has 0 unspecified atom stereocenters. The van der Waals surface area contributed by atoms with Crippen molar-refractivity contribution in [1.82, 2.24) is 0 Å². The van der Waals surface area contributed by atoms with Crippen molar-refractivity contribution in [3.63, 3.8) is 0 Å². The second-order valence-corrected chi connectivity index (χ2v) is 0. The van der Waals surface area contributed by atoms with E-state index in [2.05, 4.69) is 0 Å². The number of hydrogen-bond acceptors (Lipinski definition) is 0. The predicted octanol–water partition coefficient (Wildman–Crippen LogP) is -0.243. The first kappa shape index (κ1) is 58.8. The second-order valence-electron chi connectivity index (χ2n) is 0. The van der Waals surface area contributed by atoms with Gasteiger partial charge < -0.3 is 11.0 Å². The fourth-order valence-corrected chi connectivity index (χ4v) is 0. The SMILES string of the molecule is [Ir].[O-2].[O-2].[Ti+4]. The van der Waals surface area contributed by atoms with Crippen molar-refractivity contribution in [2.45, 2.75) is 0 Å². The molecule has 0 aliphatic heterocycles. The minimum atomic E-state index is 0. The quantitative estimate of drug-likeness (QED) is 0.546. The molecule has 4 heteroatoms. The molecule has 0 aliphatic carbocycles. The van der Waals surface area contributed by atoms with Gasteiger partial charge >= 0.3 is 21.7 Å². The Morgan fingerprint density at radius 2 is 0.750 bits per heavy atom. The van der Waals surface area contributed by atoms with Crippen LogP contribution < -0.4 is 0 Å². The van der Waals surface area contributed by atoms with E-state index in [4.69, 9.17) is 0 Å². The summed E-state index contributed by atoms with van der Waals surface area (Å²) in [6.07, 6.45) is 0. The summed E-state index contributed by atoms with van der Waals surface area (Å²) in [7, 11) is 0. The van der Waals surface area contributed by atoms with Gasteiger partial charge in [0.15, 0.2) is 0 Å². The van der Waals surface area contributed by atoms with E-state index in [9.17, 15) is 0 Å². The molecule has 0 saturated heterocycles. The molecule has 0 amide bonds. The van der Waals surface area contributed by atoms with Crippen LogP contribution in [0.1, 0.15) is 0 Å². The van der Waals surface area contributed by atoms with Gasteiger partial charge in [-0.15, -0.1) is 0 Å². The van der Waals surface area contributed by atoms with Crippen molar-refractivity contribution in [1.29, 1.82) is 0 Å². The van der Waals surface area contributed by atoms with Crippen molar-refractivity contribution in [2.75, 3.05) is 0 Å². The minimum absolute atomic E-state index is 0. The molecule has 0 aromatic heterocycles. The van der Waals surface area contributed by atoms with Crippen molar-refractivity contribution >= 4 is 0 Å². The number of rotatable bonds is 0. The summed E-state index contributed by atoms with van der Waals surface area (Å²) >= 11 is 0. The molecule has 25 valence electrons. The minimum Gasteiger partial charge on any atom is -2.00 e. The summed E-state index contributed by atoms with van der Waals surface area (Å²) in [5.41, 5.74) is 0. The van der Waals surface area contributed by atoms with Gasteiger partial charge in [0.25, 0.3) is 0 Å². The van der Waals surface area contributed by atoms with Crippen molar-refractivity contribution in [3.8, 4) is 0 Å². The van der Waals surface area contributed by atoms with Crippen molar-refractivity contribution in [3.05, 3.63) is 0 Å². The Hall–Kier alpha value is 1.28. The predicted molar refractivity (Wildman–Crippen MR) is 1.37 cm³/mol. The van der Waals surface area contributed by atoms with E-state index in [1.54, 1.807) is 0 Å². The molecule has 2 nitrogen and oxygen atoms in total. The number of hydrogen-bond donors (Lipinski definition) is 0. The van der Waals surface area contributed by atoms with E-state index >= 15 is 0 Å². The summed E-state index contributed by atoms with van der Waals surface area (Å²) < 4.78 is 0. The first-order valence-electron chi connectivity index (χ1n) is 0. The molecule has 0 saturated carbocycles. The summed E-state index contributed by atoms with van der Waals surface area (Å²) in [5.74, 6) is 0. The van der Waals surface area contributed by atoms with Crippen LogP contribution in [0.4, 0.5) is 0 Å². The van der Waals surface area contributed by atoms with Crippen LogP contribution in [0.15, 0.2) is 0 Å². The third-order valence-corrected chi connectivity index (χ3v) is 0. The zero-order valence-electron chi connectivity index (χ0n) is 1.65. The smallest absolute Gasteiger partial charge is 2.00 e. The maximum absolute atomic E-state index is 0. The molecule has 0 aromatic carbocycles. The largest absolute Gasteiger partial charge is 4.00 e. The van der Waals surface area contributed by atoms with E-state index in [1.165, 1.54) is 0 Å². The molecule has 1 radical (unpaired) electrons. The normalized spacial score (nSPS) is 0. The van der Waals surface area contributed by atoms with Crippen molar-refractivity contribution < 1.29 is 52.8 Å². The Balaban J connectivity index is 0. The molecule has 0 fully saturated rings. The van der Waals surface area contributed by atoms with Crippen LogP contribution in [0.5, 0.6) is 0 Å². The van der Waals surface area contributed by atoms with Gasteiger partial charge in [-0.2, -0.15) is 0 Å². The van der Waals surface area contributed by atoms with Gasteiger partial charge in [0.05, 0.1) is 0 Å². The molecule has 0 rings (SSSR count). The molecule has 0 N–H and O–H groups in total. The van der Waals surface area contributed by atoms with E-state index < -0.39 is 0 Å². The van der Waals surface area contributed by atoms with Crippen LogP contribution in [-0.4, -0.2) is 0 Å². The monoisotopic (exact) mass is 273 g/mol. The molecule has 0 aliphatic rings. The van der Waals surface area contributed by atoms with E-state index in [1.807, 2.05) is 0 Å². The summed E-state index contributed by atoms with van der Waals surface area (Å²) in [6, 6.07) is 0. The van der Waals surface area contributed by atoms with Gasteiger partial charge in [-0.1, -0.05) is 0 Å². The van der Waals surface area contributed by atoms with Gasteiger partial charge in [-0.25, -0.2) is 0 Å². The Morgan fingerprint density at radius 1 is 0.750 bits per heavy atom. The van der Waals surface area contributed by atoms with Gasteiger partial charge in [-0.05, 0) is 0 Å². The van der Waals surface area contributed by atoms with Gasteiger partial charge in [-0.3, -0.25) is 0 Å². The van der Waals surface area contributed by atoms with E-state index in [0.717, 1.165) is 0 Å². The first-order chi connectivity index (χ1) is 0.